The van der Waals surface area contributed by atoms with E-state index in [1.165, 1.54) is 6.08 Å². The summed E-state index contributed by atoms with van der Waals surface area (Å²) in [6.07, 6.45) is 1.53. The lowest BCUT2D eigenvalue weighted by molar-refractivity contribution is -0.146. The van der Waals surface area contributed by atoms with Crippen LogP contribution in [-0.2, 0) is 16.2 Å². The second-order valence-electron chi connectivity index (χ2n) is 6.93. The Hall–Kier alpha value is -4.25. The van der Waals surface area contributed by atoms with Gasteiger partial charge in [-0.15, -0.1) is 0 Å². The maximum atomic E-state index is 12.4. The number of aromatic nitrogens is 1. The van der Waals surface area contributed by atoms with Crippen molar-refractivity contribution in [2.24, 2.45) is 0 Å². The molecule has 0 amide bonds. The van der Waals surface area contributed by atoms with Gasteiger partial charge in [-0.05, 0) is 41.5 Å². The predicted octanol–water partition coefficient (Wildman–Crippen LogP) is 5.01. The third-order valence-electron chi connectivity index (χ3n) is 4.73. The van der Waals surface area contributed by atoms with E-state index >= 15 is 0 Å². The first-order chi connectivity index (χ1) is 15.1. The number of fused-ring (bicyclic) bond motifs is 1. The highest BCUT2D eigenvalue weighted by Crippen LogP contribution is 2.23. The molecule has 0 aliphatic carbocycles. The third-order valence-corrected chi connectivity index (χ3v) is 4.73. The molecule has 0 aliphatic rings. The van der Waals surface area contributed by atoms with Crippen molar-refractivity contribution < 1.29 is 19.4 Å². The van der Waals surface area contributed by atoms with Crippen LogP contribution in [0.2, 0.25) is 0 Å². The monoisotopic (exact) mass is 409 g/mol. The van der Waals surface area contributed by atoms with Gasteiger partial charge >= 0.3 is 5.97 Å². The first-order valence-electron chi connectivity index (χ1n) is 9.72. The summed E-state index contributed by atoms with van der Waals surface area (Å²) in [7, 11) is 0. The molecule has 3 aromatic carbocycles. The normalized spacial score (nSPS) is 11.3. The smallest absolute Gasteiger partial charge is 0.377 e. The lowest BCUT2D eigenvalue weighted by atomic mass is 10.0. The topological polar surface area (TPSA) is 76.5 Å². The Kier molecular flexibility index (Phi) is 5.85. The quantitative estimate of drug-likeness (QED) is 0.343. The molecule has 0 saturated carbocycles. The summed E-state index contributed by atoms with van der Waals surface area (Å²) in [6, 6.07) is 27.9. The van der Waals surface area contributed by atoms with Crippen molar-refractivity contribution in [1.82, 2.24) is 4.98 Å². The van der Waals surface area contributed by atoms with Crippen LogP contribution in [-0.4, -0.2) is 21.8 Å². The minimum absolute atomic E-state index is 0.0125. The molecule has 31 heavy (non-hydrogen) atoms. The molecule has 0 radical (unpaired) electrons. The zero-order valence-electron chi connectivity index (χ0n) is 16.6. The molecule has 152 valence electrons. The van der Waals surface area contributed by atoms with Gasteiger partial charge in [-0.3, -0.25) is 4.79 Å². The number of benzene rings is 3. The van der Waals surface area contributed by atoms with Gasteiger partial charge in [0.25, 0.3) is 5.78 Å². The Labute approximate surface area is 179 Å². The number of rotatable bonds is 7. The molecule has 0 fully saturated rings. The van der Waals surface area contributed by atoms with Gasteiger partial charge in [0, 0.05) is 5.39 Å². The number of aliphatic carboxylic acids is 1. The van der Waals surface area contributed by atoms with E-state index in [-0.39, 0.29) is 5.57 Å². The number of ether oxygens (including phenoxy) is 1. The summed E-state index contributed by atoms with van der Waals surface area (Å²) in [6.45, 7) is 0.404. The van der Waals surface area contributed by atoms with E-state index in [1.807, 2.05) is 66.7 Å². The van der Waals surface area contributed by atoms with Gasteiger partial charge in [-0.25, -0.2) is 9.78 Å². The standard InChI is InChI=1S/C26H19NO4/c28-25(26(29)30)22(24-14-13-20-10-4-5-12-23(20)27-24)16-19-9-6-11-21(15-19)31-17-18-7-2-1-3-8-18/h1-16H,17H2,(H,29,30)/b22-16+. The largest absolute Gasteiger partial charge is 0.489 e. The van der Waals surface area contributed by atoms with Gasteiger partial charge in [-0.2, -0.15) is 0 Å². The molecule has 1 aromatic heterocycles. The summed E-state index contributed by atoms with van der Waals surface area (Å²) in [5.41, 5.74) is 2.68. The van der Waals surface area contributed by atoms with Gasteiger partial charge in [0.15, 0.2) is 0 Å². The van der Waals surface area contributed by atoms with Crippen LogP contribution >= 0.6 is 0 Å². The van der Waals surface area contributed by atoms with Crippen LogP contribution in [0, 0.1) is 0 Å². The van der Waals surface area contributed by atoms with Crippen LogP contribution < -0.4 is 4.74 Å². The Balaban J connectivity index is 1.67. The number of carbonyl (C=O) groups is 2. The minimum atomic E-state index is -1.53. The summed E-state index contributed by atoms with van der Waals surface area (Å²) in [4.78, 5) is 28.4. The molecule has 5 heteroatoms. The van der Waals surface area contributed by atoms with Crippen LogP contribution in [0.4, 0.5) is 0 Å². The fourth-order valence-electron chi connectivity index (χ4n) is 3.19. The first kappa shape index (κ1) is 20.0. The predicted molar refractivity (Wildman–Crippen MR) is 119 cm³/mol. The Morgan fingerprint density at radius 3 is 2.45 bits per heavy atom. The third kappa shape index (κ3) is 4.85. The number of pyridine rings is 1. The number of hydrogen-bond acceptors (Lipinski definition) is 4. The van der Waals surface area contributed by atoms with Gasteiger partial charge in [0.1, 0.15) is 12.4 Å². The number of para-hydroxylation sites is 1. The van der Waals surface area contributed by atoms with Crippen molar-refractivity contribution in [1.29, 1.82) is 0 Å². The summed E-state index contributed by atoms with van der Waals surface area (Å²) in [5.74, 6) is -1.93. The molecule has 0 unspecified atom stereocenters. The van der Waals surface area contributed by atoms with Crippen molar-refractivity contribution in [3.8, 4) is 5.75 Å². The summed E-state index contributed by atoms with van der Waals surface area (Å²) < 4.78 is 5.84. The highest BCUT2D eigenvalue weighted by molar-refractivity contribution is 6.52. The van der Waals surface area contributed by atoms with Crippen LogP contribution in [0.25, 0.3) is 22.6 Å². The number of carboxylic acid groups (broad SMARTS) is 1. The SMILES string of the molecule is O=C(O)C(=O)/C(=C/c1cccc(OCc2ccccc2)c1)c1ccc2ccccc2n1. The molecule has 0 atom stereocenters. The molecule has 0 aliphatic heterocycles. The molecule has 1 N–H and O–H groups in total. The highest BCUT2D eigenvalue weighted by atomic mass is 16.5. The molecule has 4 aromatic rings. The van der Waals surface area contributed by atoms with Crippen molar-refractivity contribution in [2.75, 3.05) is 0 Å². The van der Waals surface area contributed by atoms with Gasteiger partial charge in [0.2, 0.25) is 0 Å². The molecular formula is C26H19NO4. The average molecular weight is 409 g/mol. The molecule has 4 rings (SSSR count). The summed E-state index contributed by atoms with van der Waals surface area (Å²) in [5, 5.41) is 10.2. The molecule has 0 spiro atoms. The van der Waals surface area contributed by atoms with Crippen molar-refractivity contribution in [3.05, 3.63) is 108 Å². The van der Waals surface area contributed by atoms with E-state index in [1.54, 1.807) is 24.3 Å². The second kappa shape index (κ2) is 9.05. The van der Waals surface area contributed by atoms with Crippen LogP contribution in [0.3, 0.4) is 0 Å². The number of nitrogens with zero attached hydrogens (tertiary/aromatic N) is 1. The van der Waals surface area contributed by atoms with Crippen molar-refractivity contribution in [2.45, 2.75) is 6.61 Å². The van der Waals surface area contributed by atoms with Crippen LogP contribution in [0.15, 0.2) is 91.0 Å². The maximum Gasteiger partial charge on any atom is 0.377 e. The lowest BCUT2D eigenvalue weighted by Gasteiger charge is -2.08. The van der Waals surface area contributed by atoms with E-state index in [2.05, 4.69) is 4.98 Å². The number of Topliss-reactive ketones (excluding diaryl/α,β-unsaturated/α-hetero) is 1. The zero-order valence-corrected chi connectivity index (χ0v) is 16.6. The van der Waals surface area contributed by atoms with Crippen LogP contribution in [0.1, 0.15) is 16.8 Å². The molecule has 0 bridgehead atoms. The average Bonchev–Trinajstić information content (AvgIpc) is 2.81. The maximum absolute atomic E-state index is 12.4. The molecule has 5 nitrogen and oxygen atoms in total. The van der Waals surface area contributed by atoms with Crippen molar-refractivity contribution in [3.63, 3.8) is 0 Å². The zero-order chi connectivity index (χ0) is 21.6. The van der Waals surface area contributed by atoms with E-state index < -0.39 is 11.8 Å². The lowest BCUT2D eigenvalue weighted by Crippen LogP contribution is -2.15. The van der Waals surface area contributed by atoms with E-state index in [4.69, 9.17) is 4.74 Å². The fraction of sp³-hybridized carbons (Fsp3) is 0.0385. The number of carboxylic acids is 1. The van der Waals surface area contributed by atoms with Gasteiger partial charge in [0.05, 0.1) is 16.8 Å². The van der Waals surface area contributed by atoms with E-state index in [0.717, 1.165) is 10.9 Å². The number of ketones is 1. The molecule has 0 saturated heterocycles. The first-order valence-corrected chi connectivity index (χ1v) is 9.72. The highest BCUT2D eigenvalue weighted by Gasteiger charge is 2.21. The number of carbonyl (C=O) groups excluding carboxylic acids is 1. The number of hydrogen-bond donors (Lipinski definition) is 1. The molecule has 1 heterocycles. The van der Waals surface area contributed by atoms with E-state index in [9.17, 15) is 14.7 Å². The van der Waals surface area contributed by atoms with E-state index in [0.29, 0.717) is 29.1 Å². The van der Waals surface area contributed by atoms with Gasteiger partial charge < -0.3 is 9.84 Å². The van der Waals surface area contributed by atoms with Crippen LogP contribution in [0.5, 0.6) is 5.75 Å². The van der Waals surface area contributed by atoms with Crippen molar-refractivity contribution >= 4 is 34.3 Å². The Bertz CT molecular complexity index is 1280. The Morgan fingerprint density at radius 1 is 0.871 bits per heavy atom. The minimum Gasteiger partial charge on any atom is -0.489 e. The summed E-state index contributed by atoms with van der Waals surface area (Å²) >= 11 is 0. The Morgan fingerprint density at radius 2 is 1.65 bits per heavy atom. The van der Waals surface area contributed by atoms with Gasteiger partial charge in [-0.1, -0.05) is 66.7 Å². The second-order valence-corrected chi connectivity index (χ2v) is 6.93. The molecular weight excluding hydrogens is 390 g/mol. The fourth-order valence-corrected chi connectivity index (χ4v) is 3.19.